The zero-order chi connectivity index (χ0) is 18.0. The Balaban J connectivity index is 1.75. The summed E-state index contributed by atoms with van der Waals surface area (Å²) in [5.74, 6) is -0.0537. The molecule has 0 radical (unpaired) electrons. The average molecular weight is 375 g/mol. The van der Waals surface area contributed by atoms with E-state index >= 15 is 0 Å². The number of thiophene rings is 1. The molecule has 0 bridgehead atoms. The number of sulfonamides is 1. The first kappa shape index (κ1) is 17.6. The lowest BCUT2D eigenvalue weighted by Crippen LogP contribution is -2.50. The smallest absolute Gasteiger partial charge is 0.264 e. The third-order valence-electron chi connectivity index (χ3n) is 4.21. The third-order valence-corrected chi connectivity index (χ3v) is 7.17. The van der Waals surface area contributed by atoms with Gasteiger partial charge in [-0.1, -0.05) is 12.1 Å². The van der Waals surface area contributed by atoms with Gasteiger partial charge in [0.25, 0.3) is 5.91 Å². The molecule has 3 rings (SSSR count). The van der Waals surface area contributed by atoms with Gasteiger partial charge in [-0.15, -0.1) is 11.3 Å². The Hall–Kier alpha value is -2.21. The molecule has 2 heterocycles. The Morgan fingerprint density at radius 2 is 1.84 bits per heavy atom. The molecule has 25 heavy (non-hydrogen) atoms. The van der Waals surface area contributed by atoms with Gasteiger partial charge in [-0.05, 0) is 36.1 Å². The highest BCUT2D eigenvalue weighted by atomic mass is 32.2. The molecule has 0 spiro atoms. The fraction of sp³-hybridized carbons (Fsp3) is 0.294. The van der Waals surface area contributed by atoms with E-state index in [1.54, 1.807) is 17.0 Å². The van der Waals surface area contributed by atoms with Crippen LogP contribution in [-0.4, -0.2) is 49.7 Å². The minimum atomic E-state index is -3.74. The molecular formula is C17H17N3O3S2. The summed E-state index contributed by atoms with van der Waals surface area (Å²) in [5, 5.41) is 11.0. The number of aryl methyl sites for hydroxylation is 1. The van der Waals surface area contributed by atoms with Crippen LogP contribution in [0.2, 0.25) is 0 Å². The van der Waals surface area contributed by atoms with E-state index in [2.05, 4.69) is 0 Å². The van der Waals surface area contributed by atoms with Crippen molar-refractivity contribution >= 4 is 27.3 Å². The van der Waals surface area contributed by atoms with E-state index in [-0.39, 0.29) is 29.5 Å². The first-order chi connectivity index (χ1) is 11.9. The summed E-state index contributed by atoms with van der Waals surface area (Å²) >= 11 is 1.40. The predicted octanol–water partition coefficient (Wildman–Crippen LogP) is 2.07. The van der Waals surface area contributed by atoms with E-state index in [4.69, 9.17) is 5.26 Å². The lowest BCUT2D eigenvalue weighted by molar-refractivity contribution is 0.0702. The third kappa shape index (κ3) is 3.31. The fourth-order valence-corrected chi connectivity index (χ4v) is 5.25. The molecular weight excluding hydrogens is 358 g/mol. The molecule has 1 aliphatic rings. The SMILES string of the molecule is Cc1ccsc1C(=O)N1CCN(S(=O)(=O)c2ccccc2C#N)CC1. The van der Waals surface area contributed by atoms with E-state index in [9.17, 15) is 13.2 Å². The maximum Gasteiger partial charge on any atom is 0.264 e. The molecule has 1 aliphatic heterocycles. The highest BCUT2D eigenvalue weighted by Crippen LogP contribution is 2.23. The van der Waals surface area contributed by atoms with Gasteiger partial charge in [0, 0.05) is 26.2 Å². The van der Waals surface area contributed by atoms with Crippen molar-refractivity contribution in [3.8, 4) is 6.07 Å². The van der Waals surface area contributed by atoms with E-state index in [1.165, 1.54) is 27.8 Å². The number of hydrogen-bond donors (Lipinski definition) is 0. The summed E-state index contributed by atoms with van der Waals surface area (Å²) in [5.41, 5.74) is 1.07. The van der Waals surface area contributed by atoms with Crippen molar-refractivity contribution < 1.29 is 13.2 Å². The van der Waals surface area contributed by atoms with Crippen LogP contribution in [0.1, 0.15) is 20.8 Å². The largest absolute Gasteiger partial charge is 0.335 e. The molecule has 130 valence electrons. The van der Waals surface area contributed by atoms with Crippen LogP contribution in [-0.2, 0) is 10.0 Å². The van der Waals surface area contributed by atoms with Crippen LogP contribution in [0.5, 0.6) is 0 Å². The number of amides is 1. The lowest BCUT2D eigenvalue weighted by Gasteiger charge is -2.34. The zero-order valence-corrected chi connectivity index (χ0v) is 15.3. The van der Waals surface area contributed by atoms with Gasteiger partial charge in [0.2, 0.25) is 10.0 Å². The van der Waals surface area contributed by atoms with Crippen molar-refractivity contribution in [2.75, 3.05) is 26.2 Å². The van der Waals surface area contributed by atoms with Crippen LogP contribution in [0.25, 0.3) is 0 Å². The topological polar surface area (TPSA) is 81.5 Å². The van der Waals surface area contributed by atoms with E-state index in [0.717, 1.165) is 5.56 Å². The summed E-state index contributed by atoms with van der Waals surface area (Å²) in [6.07, 6.45) is 0. The predicted molar refractivity (Wildman–Crippen MR) is 94.9 cm³/mol. The summed E-state index contributed by atoms with van der Waals surface area (Å²) in [4.78, 5) is 14.9. The maximum atomic E-state index is 12.8. The molecule has 0 saturated carbocycles. The first-order valence-corrected chi connectivity index (χ1v) is 10.1. The molecule has 1 aromatic heterocycles. The van der Waals surface area contributed by atoms with Crippen molar-refractivity contribution in [2.24, 2.45) is 0 Å². The van der Waals surface area contributed by atoms with Gasteiger partial charge >= 0.3 is 0 Å². The normalized spacial score (nSPS) is 15.8. The Morgan fingerprint density at radius 1 is 1.16 bits per heavy atom. The van der Waals surface area contributed by atoms with Crippen molar-refractivity contribution in [1.82, 2.24) is 9.21 Å². The van der Waals surface area contributed by atoms with Crippen molar-refractivity contribution in [3.05, 3.63) is 51.7 Å². The molecule has 1 fully saturated rings. The molecule has 1 saturated heterocycles. The van der Waals surface area contributed by atoms with E-state index in [0.29, 0.717) is 18.0 Å². The van der Waals surface area contributed by atoms with Gasteiger partial charge in [-0.2, -0.15) is 9.57 Å². The second-order valence-electron chi connectivity index (χ2n) is 5.74. The maximum absolute atomic E-state index is 12.8. The van der Waals surface area contributed by atoms with Gasteiger partial charge in [0.05, 0.1) is 15.3 Å². The van der Waals surface area contributed by atoms with Crippen LogP contribution < -0.4 is 0 Å². The summed E-state index contributed by atoms with van der Waals surface area (Å²) in [6.45, 7) is 3.01. The van der Waals surface area contributed by atoms with Crippen LogP contribution in [0.3, 0.4) is 0 Å². The van der Waals surface area contributed by atoms with Gasteiger partial charge in [-0.3, -0.25) is 4.79 Å². The molecule has 2 aromatic rings. The minimum Gasteiger partial charge on any atom is -0.335 e. The Kier molecular flexibility index (Phi) is 4.90. The van der Waals surface area contributed by atoms with Crippen LogP contribution in [0.4, 0.5) is 0 Å². The lowest BCUT2D eigenvalue weighted by atomic mass is 10.2. The highest BCUT2D eigenvalue weighted by Gasteiger charge is 2.32. The number of rotatable bonds is 3. The minimum absolute atomic E-state index is 0.0198. The highest BCUT2D eigenvalue weighted by molar-refractivity contribution is 7.89. The first-order valence-electron chi connectivity index (χ1n) is 7.78. The van der Waals surface area contributed by atoms with E-state index < -0.39 is 10.0 Å². The van der Waals surface area contributed by atoms with Crippen LogP contribution in [0.15, 0.2) is 40.6 Å². The van der Waals surface area contributed by atoms with Crippen molar-refractivity contribution in [3.63, 3.8) is 0 Å². The zero-order valence-electron chi connectivity index (χ0n) is 13.7. The van der Waals surface area contributed by atoms with Gasteiger partial charge in [-0.25, -0.2) is 8.42 Å². The van der Waals surface area contributed by atoms with Crippen molar-refractivity contribution in [2.45, 2.75) is 11.8 Å². The quantitative estimate of drug-likeness (QED) is 0.822. The summed E-state index contributed by atoms with van der Waals surface area (Å²) < 4.78 is 26.9. The van der Waals surface area contributed by atoms with Crippen LogP contribution in [0, 0.1) is 18.3 Å². The average Bonchev–Trinajstić information content (AvgIpc) is 3.07. The number of benzene rings is 1. The molecule has 0 unspecified atom stereocenters. The standard InChI is InChI=1S/C17H17N3O3S2/c1-13-6-11-24-16(13)17(21)19-7-9-20(10-8-19)25(22,23)15-5-3-2-4-14(15)12-18/h2-6,11H,7-10H2,1H3. The summed E-state index contributed by atoms with van der Waals surface area (Å²) in [6, 6.07) is 10.0. The number of hydrogen-bond acceptors (Lipinski definition) is 5. The number of nitrogens with zero attached hydrogens (tertiary/aromatic N) is 3. The van der Waals surface area contributed by atoms with Gasteiger partial charge < -0.3 is 4.90 Å². The number of carbonyl (C=O) groups is 1. The molecule has 1 aromatic carbocycles. The molecule has 0 N–H and O–H groups in total. The van der Waals surface area contributed by atoms with Gasteiger partial charge in [0.15, 0.2) is 0 Å². The monoisotopic (exact) mass is 375 g/mol. The molecule has 1 amide bonds. The Labute approximate surface area is 151 Å². The number of carbonyl (C=O) groups excluding carboxylic acids is 1. The molecule has 0 atom stereocenters. The Morgan fingerprint density at radius 3 is 2.44 bits per heavy atom. The second kappa shape index (κ2) is 6.96. The molecule has 8 heteroatoms. The second-order valence-corrected chi connectivity index (χ2v) is 8.56. The number of piperazine rings is 1. The van der Waals surface area contributed by atoms with Crippen LogP contribution >= 0.6 is 11.3 Å². The molecule has 6 nitrogen and oxygen atoms in total. The van der Waals surface area contributed by atoms with Crippen molar-refractivity contribution in [1.29, 1.82) is 5.26 Å². The summed E-state index contributed by atoms with van der Waals surface area (Å²) in [7, 11) is -3.74. The Bertz CT molecular complexity index is 936. The fourth-order valence-electron chi connectivity index (χ4n) is 2.79. The molecule has 0 aliphatic carbocycles. The van der Waals surface area contributed by atoms with E-state index in [1.807, 2.05) is 24.4 Å². The number of nitriles is 1. The van der Waals surface area contributed by atoms with Gasteiger partial charge in [0.1, 0.15) is 6.07 Å².